The summed E-state index contributed by atoms with van der Waals surface area (Å²) >= 11 is 0. The van der Waals surface area contributed by atoms with E-state index in [4.69, 9.17) is 4.52 Å². The van der Waals surface area contributed by atoms with Crippen LogP contribution in [0.5, 0.6) is 0 Å². The molecule has 0 spiro atoms. The lowest BCUT2D eigenvalue weighted by molar-refractivity contribution is 0.166. The summed E-state index contributed by atoms with van der Waals surface area (Å²) in [6.45, 7) is 6.09. The van der Waals surface area contributed by atoms with Gasteiger partial charge in [-0.05, 0) is 32.3 Å². The number of hydrogen-bond acceptors (Lipinski definition) is 4. The molecule has 6 heteroatoms. The van der Waals surface area contributed by atoms with Crippen molar-refractivity contribution in [2.45, 2.75) is 45.8 Å². The molecule has 0 aliphatic carbocycles. The first kappa shape index (κ1) is 18.0. The fourth-order valence-corrected chi connectivity index (χ4v) is 2.74. The lowest BCUT2D eigenvalue weighted by atomic mass is 10.0. The molecule has 130 valence electrons. The fourth-order valence-electron chi connectivity index (χ4n) is 2.74. The van der Waals surface area contributed by atoms with E-state index in [0.29, 0.717) is 13.0 Å². The molecule has 6 nitrogen and oxygen atoms in total. The maximum atomic E-state index is 12.1. The van der Waals surface area contributed by atoms with E-state index in [-0.39, 0.29) is 12.1 Å². The summed E-state index contributed by atoms with van der Waals surface area (Å²) in [6.07, 6.45) is 0.610. The lowest BCUT2D eigenvalue weighted by Crippen LogP contribution is -2.38. The van der Waals surface area contributed by atoms with Crippen molar-refractivity contribution < 1.29 is 14.4 Å². The first-order chi connectivity index (χ1) is 11.5. The van der Waals surface area contributed by atoms with Crippen molar-refractivity contribution in [3.8, 4) is 0 Å². The molecule has 1 aromatic heterocycles. The highest BCUT2D eigenvalue weighted by atomic mass is 16.5. The van der Waals surface area contributed by atoms with Crippen LogP contribution in [0.25, 0.3) is 0 Å². The van der Waals surface area contributed by atoms with Crippen molar-refractivity contribution in [3.05, 3.63) is 52.9 Å². The number of benzene rings is 1. The molecule has 1 aromatic carbocycles. The zero-order valence-corrected chi connectivity index (χ0v) is 14.4. The Bertz CT molecular complexity index is 635. The summed E-state index contributed by atoms with van der Waals surface area (Å²) in [5.41, 5.74) is 2.57. The molecule has 3 N–H and O–H groups in total. The van der Waals surface area contributed by atoms with Crippen LogP contribution in [0.4, 0.5) is 4.79 Å². The Labute approximate surface area is 142 Å². The molecule has 2 amide bonds. The van der Waals surface area contributed by atoms with E-state index in [9.17, 15) is 9.90 Å². The fraction of sp³-hybridized carbons (Fsp3) is 0.444. The zero-order valence-electron chi connectivity index (χ0n) is 14.4. The number of carbonyl (C=O) groups excluding carboxylic acids is 1. The van der Waals surface area contributed by atoms with Gasteiger partial charge in [-0.1, -0.05) is 42.4 Å². The second-order valence-electron chi connectivity index (χ2n) is 5.81. The number of aliphatic hydroxyl groups is 1. The molecular weight excluding hydrogens is 306 g/mol. The largest absolute Gasteiger partial charge is 0.388 e. The van der Waals surface area contributed by atoms with Crippen molar-refractivity contribution in [2.24, 2.45) is 0 Å². The highest BCUT2D eigenvalue weighted by molar-refractivity contribution is 5.74. The molecule has 2 aromatic rings. The number of amides is 2. The van der Waals surface area contributed by atoms with Gasteiger partial charge in [-0.25, -0.2) is 4.79 Å². The minimum absolute atomic E-state index is 0.143. The number of aromatic nitrogens is 1. The van der Waals surface area contributed by atoms with Gasteiger partial charge >= 0.3 is 6.03 Å². The lowest BCUT2D eigenvalue weighted by Gasteiger charge is -2.18. The van der Waals surface area contributed by atoms with E-state index in [2.05, 4.69) is 15.8 Å². The Balaban J connectivity index is 1.82. The number of urea groups is 1. The average Bonchev–Trinajstić information content (AvgIpc) is 2.92. The molecule has 0 radical (unpaired) electrons. The van der Waals surface area contributed by atoms with Crippen LogP contribution in [0.15, 0.2) is 34.9 Å². The molecule has 2 atom stereocenters. The van der Waals surface area contributed by atoms with Crippen LogP contribution in [0.3, 0.4) is 0 Å². The third-order valence-corrected chi connectivity index (χ3v) is 4.04. The van der Waals surface area contributed by atoms with Gasteiger partial charge in [0.05, 0.1) is 17.8 Å². The van der Waals surface area contributed by atoms with Crippen molar-refractivity contribution >= 4 is 6.03 Å². The molecule has 0 bridgehead atoms. The number of hydrogen-bond donors (Lipinski definition) is 3. The maximum absolute atomic E-state index is 12.1. The summed E-state index contributed by atoms with van der Waals surface area (Å²) in [7, 11) is 0. The van der Waals surface area contributed by atoms with E-state index in [0.717, 1.165) is 29.0 Å². The number of nitrogens with one attached hydrogen (secondary N) is 2. The van der Waals surface area contributed by atoms with E-state index in [1.54, 1.807) is 0 Å². The van der Waals surface area contributed by atoms with Crippen molar-refractivity contribution in [3.63, 3.8) is 0 Å². The number of carbonyl (C=O) groups is 1. The second-order valence-corrected chi connectivity index (χ2v) is 5.81. The molecule has 2 rings (SSSR count). The van der Waals surface area contributed by atoms with Gasteiger partial charge in [0, 0.05) is 12.1 Å². The van der Waals surface area contributed by atoms with E-state index in [1.807, 2.05) is 51.1 Å². The van der Waals surface area contributed by atoms with Crippen molar-refractivity contribution in [1.29, 1.82) is 0 Å². The summed E-state index contributed by atoms with van der Waals surface area (Å²) in [5, 5.41) is 19.7. The number of rotatable bonds is 7. The van der Waals surface area contributed by atoms with Crippen LogP contribution in [0.2, 0.25) is 0 Å². The number of aryl methyl sites for hydroxylation is 2. The minimum Gasteiger partial charge on any atom is -0.388 e. The van der Waals surface area contributed by atoms with Crippen LogP contribution in [0.1, 0.15) is 54.5 Å². The number of aliphatic hydroxyl groups excluding tert-OH is 1. The zero-order chi connectivity index (χ0) is 17.5. The Morgan fingerprint density at radius 1 is 1.29 bits per heavy atom. The van der Waals surface area contributed by atoms with Gasteiger partial charge in [0.15, 0.2) is 0 Å². The third-order valence-electron chi connectivity index (χ3n) is 4.04. The van der Waals surface area contributed by atoms with Gasteiger partial charge in [-0.2, -0.15) is 0 Å². The van der Waals surface area contributed by atoms with Crippen LogP contribution in [0, 0.1) is 13.8 Å². The van der Waals surface area contributed by atoms with Gasteiger partial charge in [0.2, 0.25) is 0 Å². The van der Waals surface area contributed by atoms with Crippen molar-refractivity contribution in [2.75, 3.05) is 6.54 Å². The summed E-state index contributed by atoms with van der Waals surface area (Å²) in [6, 6.07) is 9.01. The standard InChI is InChI=1S/C18H25N3O3/c1-4-15(17-12(2)21-24-13(17)3)20-18(23)19-11-10-16(22)14-8-6-5-7-9-14/h5-9,15-16,22H,4,10-11H2,1-3H3,(H2,19,20,23). The van der Waals surface area contributed by atoms with E-state index in [1.165, 1.54) is 0 Å². The SMILES string of the molecule is CCC(NC(=O)NCCC(O)c1ccccc1)c1c(C)noc1C. The Morgan fingerprint density at radius 2 is 2.00 bits per heavy atom. The molecule has 1 heterocycles. The second kappa shape index (κ2) is 8.49. The first-order valence-electron chi connectivity index (χ1n) is 8.23. The van der Waals surface area contributed by atoms with E-state index < -0.39 is 6.10 Å². The highest BCUT2D eigenvalue weighted by Crippen LogP contribution is 2.23. The molecule has 0 aliphatic rings. The van der Waals surface area contributed by atoms with Gasteiger partial charge in [0.1, 0.15) is 5.76 Å². The Morgan fingerprint density at radius 3 is 2.58 bits per heavy atom. The van der Waals surface area contributed by atoms with Crippen LogP contribution < -0.4 is 10.6 Å². The summed E-state index contributed by atoms with van der Waals surface area (Å²) in [5.74, 6) is 0.721. The quantitative estimate of drug-likeness (QED) is 0.727. The smallest absolute Gasteiger partial charge is 0.315 e. The number of nitrogens with zero attached hydrogens (tertiary/aromatic N) is 1. The normalized spacial score (nSPS) is 13.3. The predicted molar refractivity (Wildman–Crippen MR) is 91.6 cm³/mol. The van der Waals surface area contributed by atoms with Gasteiger partial charge in [0.25, 0.3) is 0 Å². The van der Waals surface area contributed by atoms with Crippen LogP contribution in [-0.2, 0) is 0 Å². The van der Waals surface area contributed by atoms with E-state index >= 15 is 0 Å². The first-order valence-corrected chi connectivity index (χ1v) is 8.23. The van der Waals surface area contributed by atoms with Gasteiger partial charge in [-0.3, -0.25) is 0 Å². The highest BCUT2D eigenvalue weighted by Gasteiger charge is 2.20. The van der Waals surface area contributed by atoms with Gasteiger partial charge < -0.3 is 20.3 Å². The molecule has 0 fully saturated rings. The molecule has 0 saturated carbocycles. The van der Waals surface area contributed by atoms with Gasteiger partial charge in [-0.15, -0.1) is 0 Å². The summed E-state index contributed by atoms with van der Waals surface area (Å²) < 4.78 is 5.17. The minimum atomic E-state index is -0.587. The molecule has 0 aliphatic heterocycles. The third kappa shape index (κ3) is 4.58. The van der Waals surface area contributed by atoms with Crippen molar-refractivity contribution in [1.82, 2.24) is 15.8 Å². The molecule has 24 heavy (non-hydrogen) atoms. The predicted octanol–water partition coefficient (Wildman–Crippen LogP) is 3.17. The Hall–Kier alpha value is -2.34. The van der Waals surface area contributed by atoms with Crippen LogP contribution >= 0.6 is 0 Å². The molecular formula is C18H25N3O3. The van der Waals surface area contributed by atoms with Crippen LogP contribution in [-0.4, -0.2) is 22.8 Å². The monoisotopic (exact) mass is 331 g/mol. The Kier molecular flexibility index (Phi) is 6.37. The summed E-state index contributed by atoms with van der Waals surface area (Å²) in [4.78, 5) is 12.1. The molecule has 2 unspecified atom stereocenters. The molecule has 0 saturated heterocycles. The maximum Gasteiger partial charge on any atom is 0.315 e. The average molecular weight is 331 g/mol. The topological polar surface area (TPSA) is 87.4 Å².